The maximum absolute atomic E-state index is 12.8. The Bertz CT molecular complexity index is 833. The van der Waals surface area contributed by atoms with Crippen molar-refractivity contribution in [3.63, 3.8) is 0 Å². The molecule has 2 unspecified atom stereocenters. The van der Waals surface area contributed by atoms with E-state index in [-0.39, 0.29) is 24.8 Å². The summed E-state index contributed by atoms with van der Waals surface area (Å²) in [7, 11) is 0. The van der Waals surface area contributed by atoms with Crippen LogP contribution < -0.4 is 16.4 Å². The second-order valence-electron chi connectivity index (χ2n) is 7.39. The molecule has 8 nitrogen and oxygen atoms in total. The number of fused-ring (bicyclic) bond motifs is 1. The fraction of sp³-hybridized carbons (Fsp3) is 0.474. The zero-order valence-corrected chi connectivity index (χ0v) is 14.9. The number of nitrogens with one attached hydrogen (secondary N) is 2. The van der Waals surface area contributed by atoms with Crippen molar-refractivity contribution in [2.24, 2.45) is 11.7 Å². The third-order valence-electron chi connectivity index (χ3n) is 5.52. The quantitative estimate of drug-likeness (QED) is 0.602. The minimum Gasteiger partial charge on any atom is -0.329 e. The van der Waals surface area contributed by atoms with Crippen LogP contribution >= 0.6 is 0 Å². The molecule has 2 aliphatic heterocycles. The molecule has 0 radical (unpaired) electrons. The van der Waals surface area contributed by atoms with Gasteiger partial charge in [-0.3, -0.25) is 29.4 Å². The third-order valence-corrected chi connectivity index (χ3v) is 5.52. The van der Waals surface area contributed by atoms with Crippen LogP contribution in [0.2, 0.25) is 0 Å². The van der Waals surface area contributed by atoms with E-state index >= 15 is 0 Å². The Morgan fingerprint density at radius 1 is 1.11 bits per heavy atom. The summed E-state index contributed by atoms with van der Waals surface area (Å²) in [5.41, 5.74) is 7.29. The molecule has 8 heteroatoms. The second-order valence-corrected chi connectivity index (χ2v) is 7.39. The Morgan fingerprint density at radius 3 is 2.52 bits per heavy atom. The van der Waals surface area contributed by atoms with Gasteiger partial charge in [-0.15, -0.1) is 0 Å². The highest BCUT2D eigenvalue weighted by atomic mass is 16.2. The summed E-state index contributed by atoms with van der Waals surface area (Å²) in [5, 5.41) is 5.61. The van der Waals surface area contributed by atoms with E-state index in [9.17, 15) is 19.2 Å². The van der Waals surface area contributed by atoms with Crippen LogP contribution in [0.1, 0.15) is 52.0 Å². The number of hydrogen-bond donors (Lipinski definition) is 3. The first-order valence-electron chi connectivity index (χ1n) is 9.27. The van der Waals surface area contributed by atoms with Crippen molar-refractivity contribution in [1.29, 1.82) is 0 Å². The molecule has 4 rings (SSSR count). The van der Waals surface area contributed by atoms with Crippen molar-refractivity contribution in [3.05, 3.63) is 34.9 Å². The van der Waals surface area contributed by atoms with Crippen LogP contribution in [-0.2, 0) is 16.1 Å². The number of nitrogens with zero attached hydrogens (tertiary/aromatic N) is 1. The standard InChI is InChI=1S/C19H22N4O4/c20-8-14(11-2-3-11)21-9-10-1-4-12-13(7-10)19(27)23(18(12)26)15-5-6-16(24)22-17(15)25/h1,4,7,11,14-15,21H,2-3,5-6,8-9,20H2,(H,22,24,25). The van der Waals surface area contributed by atoms with E-state index < -0.39 is 23.8 Å². The number of hydrogen-bond acceptors (Lipinski definition) is 6. The van der Waals surface area contributed by atoms with Crippen LogP contribution in [-0.4, -0.2) is 47.2 Å². The Morgan fingerprint density at radius 2 is 1.85 bits per heavy atom. The fourth-order valence-corrected chi connectivity index (χ4v) is 3.82. The number of imide groups is 2. The molecule has 1 aromatic rings. The van der Waals surface area contributed by atoms with Crippen molar-refractivity contribution in [2.75, 3.05) is 6.54 Å². The monoisotopic (exact) mass is 370 g/mol. The van der Waals surface area contributed by atoms with Crippen LogP contribution in [0.3, 0.4) is 0 Å². The van der Waals surface area contributed by atoms with E-state index in [1.165, 1.54) is 12.8 Å². The maximum Gasteiger partial charge on any atom is 0.262 e. The largest absolute Gasteiger partial charge is 0.329 e. The summed E-state index contributed by atoms with van der Waals surface area (Å²) >= 11 is 0. The number of amides is 4. The highest BCUT2D eigenvalue weighted by molar-refractivity contribution is 6.23. The minimum absolute atomic E-state index is 0.112. The van der Waals surface area contributed by atoms with Crippen molar-refractivity contribution < 1.29 is 19.2 Å². The molecule has 0 bridgehead atoms. The SMILES string of the molecule is NCC(NCc1ccc2c(c1)C(=O)N(C1CCC(=O)NC1=O)C2=O)C1CC1. The van der Waals surface area contributed by atoms with Crippen molar-refractivity contribution in [3.8, 4) is 0 Å². The van der Waals surface area contributed by atoms with Gasteiger partial charge in [0.2, 0.25) is 11.8 Å². The molecule has 4 amide bonds. The molecule has 2 fully saturated rings. The molecular weight excluding hydrogens is 348 g/mol. The topological polar surface area (TPSA) is 122 Å². The average Bonchev–Trinajstić information content (AvgIpc) is 3.45. The number of piperidine rings is 1. The summed E-state index contributed by atoms with van der Waals surface area (Å²) in [5.74, 6) is -1.33. The number of carbonyl (C=O) groups excluding carboxylic acids is 4. The van der Waals surface area contributed by atoms with E-state index in [1.807, 2.05) is 6.07 Å². The molecular formula is C19H22N4O4. The molecule has 142 valence electrons. The summed E-state index contributed by atoms with van der Waals surface area (Å²) in [4.78, 5) is 49.9. The van der Waals surface area contributed by atoms with Gasteiger partial charge in [-0.1, -0.05) is 6.07 Å². The van der Waals surface area contributed by atoms with Crippen molar-refractivity contribution in [2.45, 2.75) is 44.3 Å². The van der Waals surface area contributed by atoms with Crippen LogP contribution in [0.4, 0.5) is 0 Å². The minimum atomic E-state index is -0.937. The van der Waals surface area contributed by atoms with Crippen LogP contribution in [0.25, 0.3) is 0 Å². The number of benzene rings is 1. The normalized spacial score (nSPS) is 23.4. The van der Waals surface area contributed by atoms with Gasteiger partial charge in [0, 0.05) is 25.6 Å². The first-order valence-corrected chi connectivity index (χ1v) is 9.27. The van der Waals surface area contributed by atoms with Gasteiger partial charge >= 0.3 is 0 Å². The van der Waals surface area contributed by atoms with E-state index in [4.69, 9.17) is 5.73 Å². The zero-order chi connectivity index (χ0) is 19.1. The predicted molar refractivity (Wildman–Crippen MR) is 95.5 cm³/mol. The highest BCUT2D eigenvalue weighted by Crippen LogP contribution is 2.32. The van der Waals surface area contributed by atoms with Crippen LogP contribution in [0.15, 0.2) is 18.2 Å². The van der Waals surface area contributed by atoms with Crippen molar-refractivity contribution in [1.82, 2.24) is 15.5 Å². The molecule has 0 aromatic heterocycles. The lowest BCUT2D eigenvalue weighted by Crippen LogP contribution is -2.54. The number of nitrogens with two attached hydrogens (primary N) is 1. The average molecular weight is 370 g/mol. The second kappa shape index (κ2) is 6.86. The summed E-state index contributed by atoms with van der Waals surface area (Å²) in [6, 6.07) is 4.47. The maximum atomic E-state index is 12.8. The van der Waals surface area contributed by atoms with E-state index in [0.717, 1.165) is 10.5 Å². The van der Waals surface area contributed by atoms with E-state index in [0.29, 0.717) is 30.1 Å². The Hall–Kier alpha value is -2.58. The molecule has 27 heavy (non-hydrogen) atoms. The van der Waals surface area contributed by atoms with Gasteiger partial charge in [-0.25, -0.2) is 0 Å². The van der Waals surface area contributed by atoms with E-state index in [1.54, 1.807) is 12.1 Å². The molecule has 0 spiro atoms. The summed E-state index contributed by atoms with van der Waals surface area (Å²) in [6.45, 7) is 1.13. The smallest absolute Gasteiger partial charge is 0.262 e. The molecule has 1 saturated carbocycles. The summed E-state index contributed by atoms with van der Waals surface area (Å²) in [6.07, 6.45) is 2.64. The molecule has 2 atom stereocenters. The van der Waals surface area contributed by atoms with Gasteiger partial charge in [0.15, 0.2) is 0 Å². The van der Waals surface area contributed by atoms with Crippen LogP contribution in [0.5, 0.6) is 0 Å². The molecule has 2 heterocycles. The van der Waals surface area contributed by atoms with Crippen molar-refractivity contribution >= 4 is 23.6 Å². The summed E-state index contributed by atoms with van der Waals surface area (Å²) < 4.78 is 0. The third kappa shape index (κ3) is 3.26. The Kier molecular flexibility index (Phi) is 4.53. The van der Waals surface area contributed by atoms with Gasteiger partial charge in [-0.2, -0.15) is 0 Å². The van der Waals surface area contributed by atoms with Gasteiger partial charge in [-0.05, 0) is 42.9 Å². The Balaban J connectivity index is 1.51. The molecule has 3 aliphatic rings. The first kappa shape index (κ1) is 17.8. The number of rotatable bonds is 6. The molecule has 1 aliphatic carbocycles. The molecule has 1 saturated heterocycles. The fourth-order valence-electron chi connectivity index (χ4n) is 3.82. The van der Waals surface area contributed by atoms with Gasteiger partial charge in [0.1, 0.15) is 6.04 Å². The van der Waals surface area contributed by atoms with Crippen LogP contribution in [0, 0.1) is 5.92 Å². The van der Waals surface area contributed by atoms with Gasteiger partial charge in [0.25, 0.3) is 11.8 Å². The lowest BCUT2D eigenvalue weighted by Gasteiger charge is -2.27. The molecule has 1 aromatic carbocycles. The predicted octanol–water partition coefficient (Wildman–Crippen LogP) is -0.0853. The van der Waals surface area contributed by atoms with E-state index in [2.05, 4.69) is 10.6 Å². The van der Waals surface area contributed by atoms with Gasteiger partial charge < -0.3 is 11.1 Å². The number of carbonyl (C=O) groups is 4. The molecule has 4 N–H and O–H groups in total. The highest BCUT2D eigenvalue weighted by Gasteiger charge is 2.44. The lowest BCUT2D eigenvalue weighted by molar-refractivity contribution is -0.136. The Labute approximate surface area is 156 Å². The zero-order valence-electron chi connectivity index (χ0n) is 14.9. The van der Waals surface area contributed by atoms with Gasteiger partial charge in [0.05, 0.1) is 11.1 Å². The first-order chi connectivity index (χ1) is 13.0. The lowest BCUT2D eigenvalue weighted by atomic mass is 10.0.